The number of carbonyl (C=O) groups excluding carboxylic acids is 1. The molecule has 0 saturated heterocycles. The van der Waals surface area contributed by atoms with Gasteiger partial charge in [-0.2, -0.15) is 0 Å². The van der Waals surface area contributed by atoms with Crippen LogP contribution in [0.25, 0.3) is 0 Å². The van der Waals surface area contributed by atoms with Gasteiger partial charge in [0.15, 0.2) is 0 Å². The Morgan fingerprint density at radius 2 is 2.28 bits per heavy atom. The quantitative estimate of drug-likeness (QED) is 0.563. The summed E-state index contributed by atoms with van der Waals surface area (Å²) in [4.78, 5) is 25.1. The van der Waals surface area contributed by atoms with E-state index >= 15 is 0 Å². The van der Waals surface area contributed by atoms with Gasteiger partial charge in [0.2, 0.25) is 5.91 Å². The highest BCUT2D eigenvalue weighted by molar-refractivity contribution is 5.76. The maximum atomic E-state index is 11.3. The number of carbonyl (C=O) groups is 1. The summed E-state index contributed by atoms with van der Waals surface area (Å²) in [6, 6.07) is 3.17. The van der Waals surface area contributed by atoms with Crippen molar-refractivity contribution in [2.24, 2.45) is 0 Å². The van der Waals surface area contributed by atoms with Crippen LogP contribution in [0.15, 0.2) is 18.3 Å². The minimum Gasteiger partial charge on any atom is -0.378 e. The van der Waals surface area contributed by atoms with Crippen molar-refractivity contribution in [3.63, 3.8) is 0 Å². The smallest absolute Gasteiger partial charge is 0.378 e. The van der Waals surface area contributed by atoms with Gasteiger partial charge in [0.25, 0.3) is 0 Å². The fourth-order valence-electron chi connectivity index (χ4n) is 1.34. The normalized spacial score (nSPS) is 9.83. The molecule has 0 radical (unpaired) electrons. The number of anilines is 1. The molecule has 7 heteroatoms. The number of hydrogen-bond acceptors (Lipinski definition) is 5. The van der Waals surface area contributed by atoms with E-state index in [2.05, 4.69) is 15.6 Å². The lowest BCUT2D eigenvalue weighted by Gasteiger charge is -2.06. The Morgan fingerprint density at radius 1 is 1.50 bits per heavy atom. The lowest BCUT2D eigenvalue weighted by Crippen LogP contribution is -2.25. The van der Waals surface area contributed by atoms with Crippen molar-refractivity contribution in [1.82, 2.24) is 10.3 Å². The maximum absolute atomic E-state index is 11.3. The Bertz CT molecular complexity index is 423. The van der Waals surface area contributed by atoms with Crippen molar-refractivity contribution in [1.29, 1.82) is 0 Å². The van der Waals surface area contributed by atoms with Gasteiger partial charge in [0.1, 0.15) is 11.9 Å². The highest BCUT2D eigenvalue weighted by Crippen LogP contribution is 2.19. The van der Waals surface area contributed by atoms with E-state index in [1.165, 1.54) is 6.20 Å². The minimum absolute atomic E-state index is 0.0732. The van der Waals surface area contributed by atoms with Crippen molar-refractivity contribution in [2.75, 3.05) is 18.4 Å². The Labute approximate surface area is 105 Å². The van der Waals surface area contributed by atoms with Crippen LogP contribution in [0.2, 0.25) is 0 Å². The number of nitro groups is 1. The molecule has 98 valence electrons. The molecule has 18 heavy (non-hydrogen) atoms. The molecule has 2 N–H and O–H groups in total. The van der Waals surface area contributed by atoms with Crippen molar-refractivity contribution in [3.05, 3.63) is 28.4 Å². The van der Waals surface area contributed by atoms with Crippen LogP contribution < -0.4 is 10.6 Å². The summed E-state index contributed by atoms with van der Waals surface area (Å²) in [5.74, 6) is -0.303. The van der Waals surface area contributed by atoms with Crippen molar-refractivity contribution in [3.8, 4) is 0 Å². The second kappa shape index (κ2) is 7.21. The first kappa shape index (κ1) is 13.9. The molecule has 1 rings (SSSR count). The summed E-state index contributed by atoms with van der Waals surface area (Å²) in [7, 11) is 0. The SMILES string of the molecule is CCCNC(=O)CCNc1cccnc1[N+](=O)[O-]. The van der Waals surface area contributed by atoms with Crippen LogP contribution in [0.4, 0.5) is 11.5 Å². The van der Waals surface area contributed by atoms with Gasteiger partial charge in [-0.15, -0.1) is 0 Å². The summed E-state index contributed by atoms with van der Waals surface area (Å²) < 4.78 is 0. The largest absolute Gasteiger partial charge is 0.386 e. The Morgan fingerprint density at radius 3 is 2.94 bits per heavy atom. The molecule has 1 heterocycles. The third-order valence-corrected chi connectivity index (χ3v) is 2.20. The molecule has 0 aliphatic rings. The van der Waals surface area contributed by atoms with Gasteiger partial charge < -0.3 is 20.7 Å². The number of nitrogens with zero attached hydrogens (tertiary/aromatic N) is 2. The number of pyridine rings is 1. The second-order valence-corrected chi connectivity index (χ2v) is 3.66. The van der Waals surface area contributed by atoms with Crippen LogP contribution in [0.3, 0.4) is 0 Å². The lowest BCUT2D eigenvalue weighted by atomic mass is 10.3. The van der Waals surface area contributed by atoms with Crippen LogP contribution in [-0.4, -0.2) is 28.9 Å². The highest BCUT2D eigenvalue weighted by Gasteiger charge is 2.13. The standard InChI is InChI=1S/C11H16N4O3/c1-2-6-13-10(16)5-8-12-9-4-3-7-14-11(9)15(17)18/h3-4,7,12H,2,5-6,8H2,1H3,(H,13,16). The van der Waals surface area contributed by atoms with Gasteiger partial charge in [0, 0.05) is 19.5 Å². The molecule has 0 atom stereocenters. The van der Waals surface area contributed by atoms with Gasteiger partial charge in [0.05, 0.1) is 0 Å². The predicted molar refractivity (Wildman–Crippen MR) is 67.3 cm³/mol. The molecule has 1 amide bonds. The third-order valence-electron chi connectivity index (χ3n) is 2.20. The summed E-state index contributed by atoms with van der Waals surface area (Å²) in [6.07, 6.45) is 2.51. The predicted octanol–water partition coefficient (Wildman–Crippen LogP) is 1.32. The molecule has 7 nitrogen and oxygen atoms in total. The lowest BCUT2D eigenvalue weighted by molar-refractivity contribution is -0.388. The minimum atomic E-state index is -0.556. The molecule has 1 aromatic heterocycles. The summed E-state index contributed by atoms with van der Waals surface area (Å²) in [5, 5.41) is 16.2. The van der Waals surface area contributed by atoms with E-state index in [9.17, 15) is 14.9 Å². The number of nitrogens with one attached hydrogen (secondary N) is 2. The molecule has 1 aromatic rings. The topological polar surface area (TPSA) is 97.2 Å². The Balaban J connectivity index is 2.44. The average molecular weight is 252 g/mol. The number of rotatable bonds is 7. The van der Waals surface area contributed by atoms with E-state index in [1.807, 2.05) is 6.92 Å². The Hall–Kier alpha value is -2.18. The second-order valence-electron chi connectivity index (χ2n) is 3.66. The molecule has 0 unspecified atom stereocenters. The molecule has 0 bridgehead atoms. The van der Waals surface area contributed by atoms with Gasteiger partial charge >= 0.3 is 5.82 Å². The maximum Gasteiger partial charge on any atom is 0.386 e. The first-order valence-corrected chi connectivity index (χ1v) is 5.75. The van der Waals surface area contributed by atoms with E-state index in [0.29, 0.717) is 18.8 Å². The van der Waals surface area contributed by atoms with Crippen molar-refractivity contribution in [2.45, 2.75) is 19.8 Å². The van der Waals surface area contributed by atoms with Gasteiger partial charge in [-0.05, 0) is 28.5 Å². The average Bonchev–Trinajstić information content (AvgIpc) is 2.36. The van der Waals surface area contributed by atoms with Gasteiger partial charge in [-0.1, -0.05) is 6.92 Å². The third kappa shape index (κ3) is 4.36. The summed E-state index contributed by atoms with van der Waals surface area (Å²) >= 11 is 0. The number of amides is 1. The summed E-state index contributed by atoms with van der Waals surface area (Å²) in [6.45, 7) is 2.95. The van der Waals surface area contributed by atoms with Crippen LogP contribution in [0, 0.1) is 10.1 Å². The fraction of sp³-hybridized carbons (Fsp3) is 0.455. The van der Waals surface area contributed by atoms with Crippen molar-refractivity contribution >= 4 is 17.4 Å². The van der Waals surface area contributed by atoms with E-state index in [1.54, 1.807) is 12.1 Å². The molecule has 0 saturated carbocycles. The molecular formula is C11H16N4O3. The van der Waals surface area contributed by atoms with Crippen molar-refractivity contribution < 1.29 is 9.72 Å². The molecule has 0 aromatic carbocycles. The molecule has 0 aliphatic heterocycles. The van der Waals surface area contributed by atoms with Crippen LogP contribution in [0.1, 0.15) is 19.8 Å². The molecule has 0 aliphatic carbocycles. The zero-order chi connectivity index (χ0) is 13.4. The number of hydrogen-bond donors (Lipinski definition) is 2. The zero-order valence-electron chi connectivity index (χ0n) is 10.2. The van der Waals surface area contributed by atoms with E-state index in [0.717, 1.165) is 6.42 Å². The van der Waals surface area contributed by atoms with E-state index in [4.69, 9.17) is 0 Å². The van der Waals surface area contributed by atoms with Gasteiger partial charge in [-0.25, -0.2) is 0 Å². The van der Waals surface area contributed by atoms with Crippen LogP contribution in [-0.2, 0) is 4.79 Å². The Kier molecular flexibility index (Phi) is 5.56. The monoisotopic (exact) mass is 252 g/mol. The van der Waals surface area contributed by atoms with Gasteiger partial charge in [-0.3, -0.25) is 4.79 Å². The van der Waals surface area contributed by atoms with Crippen LogP contribution in [0.5, 0.6) is 0 Å². The zero-order valence-corrected chi connectivity index (χ0v) is 10.2. The molecular weight excluding hydrogens is 236 g/mol. The molecule has 0 fully saturated rings. The first-order valence-electron chi connectivity index (χ1n) is 5.75. The van der Waals surface area contributed by atoms with Crippen LogP contribution >= 0.6 is 0 Å². The highest BCUT2D eigenvalue weighted by atomic mass is 16.6. The summed E-state index contributed by atoms with van der Waals surface area (Å²) in [5.41, 5.74) is 0.325. The van der Waals surface area contributed by atoms with E-state index < -0.39 is 4.92 Å². The fourth-order valence-corrected chi connectivity index (χ4v) is 1.34. The number of aromatic nitrogens is 1. The first-order chi connectivity index (χ1) is 8.65. The van der Waals surface area contributed by atoms with E-state index in [-0.39, 0.29) is 18.1 Å². The molecule has 0 spiro atoms.